The number of sulfonamides is 1. The summed E-state index contributed by atoms with van der Waals surface area (Å²) >= 11 is 1.32. The van der Waals surface area contributed by atoms with Crippen molar-refractivity contribution in [1.82, 2.24) is 14.3 Å². The highest BCUT2D eigenvalue weighted by Gasteiger charge is 2.24. The Balaban J connectivity index is 1.59. The van der Waals surface area contributed by atoms with Gasteiger partial charge in [0.25, 0.3) is 5.91 Å². The minimum absolute atomic E-state index is 0.0793. The zero-order chi connectivity index (χ0) is 23.0. The summed E-state index contributed by atoms with van der Waals surface area (Å²) in [6.07, 6.45) is 0. The number of H-pyrrole nitrogens is 1. The highest BCUT2D eigenvalue weighted by molar-refractivity contribution is 7.89. The van der Waals surface area contributed by atoms with E-state index in [1.54, 1.807) is 26.0 Å². The standard InChI is InChI=1S/C23H24N4O3S2/c1-14(2)27(4)32(29,30)17-9-7-8-16(12-17)22(28)26-23-25-20(13-31-23)21-15(3)24-19-11-6-5-10-18(19)21/h5-14,24H,1-4H3,(H,25,26,28). The maximum absolute atomic E-state index is 12.8. The first kappa shape index (κ1) is 22.2. The van der Waals surface area contributed by atoms with Crippen LogP contribution in [0, 0.1) is 6.92 Å². The average molecular weight is 469 g/mol. The molecule has 0 fully saturated rings. The van der Waals surface area contributed by atoms with Gasteiger partial charge in [0.15, 0.2) is 5.13 Å². The molecule has 7 nitrogen and oxygen atoms in total. The third-order valence-corrected chi connectivity index (χ3v) is 8.16. The first-order valence-corrected chi connectivity index (χ1v) is 12.4. The minimum Gasteiger partial charge on any atom is -0.358 e. The van der Waals surface area contributed by atoms with Gasteiger partial charge in [0.05, 0.1) is 10.6 Å². The number of amides is 1. The molecule has 0 unspecified atom stereocenters. The molecule has 2 aromatic carbocycles. The van der Waals surface area contributed by atoms with E-state index in [9.17, 15) is 13.2 Å². The van der Waals surface area contributed by atoms with E-state index in [2.05, 4.69) is 15.3 Å². The maximum Gasteiger partial charge on any atom is 0.257 e. The molecule has 0 aliphatic rings. The number of nitrogens with one attached hydrogen (secondary N) is 2. The predicted octanol–water partition coefficient (Wildman–Crippen LogP) is 4.88. The molecule has 0 spiro atoms. The number of para-hydroxylation sites is 1. The molecule has 4 rings (SSSR count). The number of hydrogen-bond donors (Lipinski definition) is 2. The molecule has 32 heavy (non-hydrogen) atoms. The van der Waals surface area contributed by atoms with Crippen molar-refractivity contribution in [2.45, 2.75) is 31.7 Å². The SMILES string of the molecule is Cc1[nH]c2ccccc2c1-c1csc(NC(=O)c2cccc(S(=O)(=O)N(C)C(C)C)c2)n1. The Morgan fingerprint density at radius 2 is 1.91 bits per heavy atom. The van der Waals surface area contributed by atoms with E-state index < -0.39 is 15.9 Å². The molecule has 0 aliphatic carbocycles. The van der Waals surface area contributed by atoms with Crippen LogP contribution in [-0.4, -0.2) is 41.7 Å². The number of thiazole rings is 1. The summed E-state index contributed by atoms with van der Waals surface area (Å²) in [5.74, 6) is -0.411. The number of aromatic nitrogens is 2. The summed E-state index contributed by atoms with van der Waals surface area (Å²) in [6, 6.07) is 13.8. The first-order valence-electron chi connectivity index (χ1n) is 10.1. The van der Waals surface area contributed by atoms with Crippen LogP contribution in [0.3, 0.4) is 0 Å². The van der Waals surface area contributed by atoms with Crippen molar-refractivity contribution in [3.05, 3.63) is 65.2 Å². The predicted molar refractivity (Wildman–Crippen MR) is 129 cm³/mol. The second-order valence-electron chi connectivity index (χ2n) is 7.81. The van der Waals surface area contributed by atoms with Gasteiger partial charge in [-0.15, -0.1) is 11.3 Å². The van der Waals surface area contributed by atoms with Crippen molar-refractivity contribution >= 4 is 43.3 Å². The van der Waals surface area contributed by atoms with E-state index >= 15 is 0 Å². The molecule has 2 heterocycles. The van der Waals surface area contributed by atoms with Gasteiger partial charge in [-0.05, 0) is 45.0 Å². The molecule has 0 radical (unpaired) electrons. The van der Waals surface area contributed by atoms with Gasteiger partial charge in [0.2, 0.25) is 10.0 Å². The van der Waals surface area contributed by atoms with Crippen molar-refractivity contribution in [3.63, 3.8) is 0 Å². The molecular weight excluding hydrogens is 444 g/mol. The third-order valence-electron chi connectivity index (χ3n) is 5.37. The number of hydrogen-bond acceptors (Lipinski definition) is 5. The van der Waals surface area contributed by atoms with E-state index in [1.165, 1.54) is 34.8 Å². The fourth-order valence-electron chi connectivity index (χ4n) is 3.46. The molecule has 2 aromatic heterocycles. The van der Waals surface area contributed by atoms with E-state index in [0.717, 1.165) is 27.9 Å². The van der Waals surface area contributed by atoms with Crippen molar-refractivity contribution < 1.29 is 13.2 Å². The maximum atomic E-state index is 12.8. The number of aryl methyl sites for hydroxylation is 1. The molecule has 0 saturated heterocycles. The Labute approximate surface area is 191 Å². The highest BCUT2D eigenvalue weighted by Crippen LogP contribution is 2.34. The number of aromatic amines is 1. The van der Waals surface area contributed by atoms with Gasteiger partial charge in [-0.2, -0.15) is 4.31 Å². The Bertz CT molecular complexity index is 1400. The molecule has 0 saturated carbocycles. The summed E-state index contributed by atoms with van der Waals surface area (Å²) in [5.41, 5.74) is 4.06. The van der Waals surface area contributed by atoms with Crippen LogP contribution in [0.4, 0.5) is 5.13 Å². The summed E-state index contributed by atoms with van der Waals surface area (Å²) in [6.45, 7) is 5.58. The number of fused-ring (bicyclic) bond motifs is 1. The Hall–Kier alpha value is -3.01. The summed E-state index contributed by atoms with van der Waals surface area (Å²) < 4.78 is 26.8. The smallest absolute Gasteiger partial charge is 0.257 e. The zero-order valence-corrected chi connectivity index (χ0v) is 19.8. The third kappa shape index (κ3) is 4.06. The average Bonchev–Trinajstić information content (AvgIpc) is 3.35. The lowest BCUT2D eigenvalue weighted by Gasteiger charge is -2.21. The van der Waals surface area contributed by atoms with Crippen molar-refractivity contribution in [3.8, 4) is 11.3 Å². The monoisotopic (exact) mass is 468 g/mol. The molecule has 166 valence electrons. The molecular formula is C23H24N4O3S2. The van der Waals surface area contributed by atoms with E-state index in [-0.39, 0.29) is 16.5 Å². The fraction of sp³-hybridized carbons (Fsp3) is 0.217. The first-order chi connectivity index (χ1) is 15.2. The Morgan fingerprint density at radius 3 is 2.66 bits per heavy atom. The topological polar surface area (TPSA) is 95.2 Å². The van der Waals surface area contributed by atoms with E-state index in [1.807, 2.05) is 36.6 Å². The molecule has 0 bridgehead atoms. The quantitative estimate of drug-likeness (QED) is 0.422. The summed E-state index contributed by atoms with van der Waals surface area (Å²) in [5, 5.41) is 6.20. The largest absolute Gasteiger partial charge is 0.358 e. The van der Waals surface area contributed by atoms with Crippen molar-refractivity contribution in [1.29, 1.82) is 0 Å². The van der Waals surface area contributed by atoms with E-state index in [0.29, 0.717) is 5.13 Å². The highest BCUT2D eigenvalue weighted by atomic mass is 32.2. The Kier molecular flexibility index (Phi) is 5.89. The van der Waals surface area contributed by atoms with Gasteiger partial charge in [0, 0.05) is 46.2 Å². The van der Waals surface area contributed by atoms with Crippen LogP contribution in [-0.2, 0) is 10.0 Å². The van der Waals surface area contributed by atoms with Crippen LogP contribution in [0.15, 0.2) is 58.8 Å². The van der Waals surface area contributed by atoms with Gasteiger partial charge >= 0.3 is 0 Å². The minimum atomic E-state index is -3.68. The van der Waals surface area contributed by atoms with E-state index in [4.69, 9.17) is 0 Å². The normalized spacial score (nSPS) is 12.1. The van der Waals surface area contributed by atoms with Crippen LogP contribution >= 0.6 is 11.3 Å². The lowest BCUT2D eigenvalue weighted by Crippen LogP contribution is -2.33. The number of anilines is 1. The summed E-state index contributed by atoms with van der Waals surface area (Å²) in [4.78, 5) is 20.8. The van der Waals surface area contributed by atoms with Crippen molar-refractivity contribution in [2.24, 2.45) is 0 Å². The van der Waals surface area contributed by atoms with Crippen molar-refractivity contribution in [2.75, 3.05) is 12.4 Å². The molecule has 1 amide bonds. The molecule has 9 heteroatoms. The number of carbonyl (C=O) groups is 1. The number of rotatable bonds is 6. The van der Waals surface area contributed by atoms with Gasteiger partial charge in [0.1, 0.15) is 0 Å². The van der Waals surface area contributed by atoms with Crippen LogP contribution in [0.1, 0.15) is 29.9 Å². The molecule has 2 N–H and O–H groups in total. The molecule has 4 aromatic rings. The molecule has 0 atom stereocenters. The lowest BCUT2D eigenvalue weighted by molar-refractivity contribution is 0.102. The van der Waals surface area contributed by atoms with Gasteiger partial charge in [-0.1, -0.05) is 24.3 Å². The number of nitrogens with zero attached hydrogens (tertiary/aromatic N) is 2. The second-order valence-corrected chi connectivity index (χ2v) is 10.7. The summed E-state index contributed by atoms with van der Waals surface area (Å²) in [7, 11) is -2.16. The number of benzene rings is 2. The Morgan fingerprint density at radius 1 is 1.16 bits per heavy atom. The van der Waals surface area contributed by atoms with Crippen LogP contribution in [0.5, 0.6) is 0 Å². The zero-order valence-electron chi connectivity index (χ0n) is 18.2. The van der Waals surface area contributed by atoms with Gasteiger partial charge in [-0.25, -0.2) is 13.4 Å². The second kappa shape index (κ2) is 8.50. The van der Waals surface area contributed by atoms with Gasteiger partial charge in [-0.3, -0.25) is 10.1 Å². The lowest BCUT2D eigenvalue weighted by atomic mass is 10.1. The van der Waals surface area contributed by atoms with Crippen LogP contribution in [0.25, 0.3) is 22.2 Å². The molecule has 0 aliphatic heterocycles. The number of carbonyl (C=O) groups excluding carboxylic acids is 1. The van der Waals surface area contributed by atoms with Crippen LogP contribution in [0.2, 0.25) is 0 Å². The van der Waals surface area contributed by atoms with Crippen LogP contribution < -0.4 is 5.32 Å². The fourth-order valence-corrected chi connectivity index (χ4v) is 5.57. The van der Waals surface area contributed by atoms with Gasteiger partial charge < -0.3 is 4.98 Å².